The van der Waals surface area contributed by atoms with Crippen molar-refractivity contribution in [1.82, 2.24) is 10.3 Å². The lowest BCUT2D eigenvalue weighted by Gasteiger charge is -2.29. The van der Waals surface area contributed by atoms with Crippen LogP contribution in [0.15, 0.2) is 24.5 Å². The fourth-order valence-electron chi connectivity index (χ4n) is 2.01. The standard InChI is InChI=1S/C16H22N2O4/c1-10(15(21)22)18-14(20)12(16(2,3)4)9-13(19)11-5-7-17-8-6-11/h5-8,10,12H,9H2,1-4H3,(H,18,20)(H,21,22)/t10-,12+/m0/s1. The lowest BCUT2D eigenvalue weighted by molar-refractivity contribution is -0.142. The van der Waals surface area contributed by atoms with Crippen molar-refractivity contribution in [3.63, 3.8) is 0 Å². The van der Waals surface area contributed by atoms with Crippen LogP contribution < -0.4 is 5.32 Å². The van der Waals surface area contributed by atoms with Gasteiger partial charge in [-0.1, -0.05) is 20.8 Å². The van der Waals surface area contributed by atoms with E-state index < -0.39 is 29.3 Å². The molecule has 0 bridgehead atoms. The minimum atomic E-state index is -1.11. The second kappa shape index (κ2) is 7.15. The first-order chi connectivity index (χ1) is 10.1. The molecule has 6 heteroatoms. The molecule has 2 atom stereocenters. The van der Waals surface area contributed by atoms with Crippen molar-refractivity contribution < 1.29 is 19.5 Å². The molecule has 2 N–H and O–H groups in total. The molecule has 0 radical (unpaired) electrons. The summed E-state index contributed by atoms with van der Waals surface area (Å²) < 4.78 is 0. The zero-order chi connectivity index (χ0) is 16.9. The smallest absolute Gasteiger partial charge is 0.325 e. The van der Waals surface area contributed by atoms with Crippen molar-refractivity contribution in [3.8, 4) is 0 Å². The summed E-state index contributed by atoms with van der Waals surface area (Å²) in [5.74, 6) is -2.32. The normalized spacial score (nSPS) is 14.0. The first-order valence-electron chi connectivity index (χ1n) is 7.09. The highest BCUT2D eigenvalue weighted by Gasteiger charge is 2.34. The molecular weight excluding hydrogens is 284 g/mol. The van der Waals surface area contributed by atoms with Crippen LogP contribution in [0.3, 0.4) is 0 Å². The van der Waals surface area contributed by atoms with Crippen LogP contribution >= 0.6 is 0 Å². The molecular formula is C16H22N2O4. The Balaban J connectivity index is 2.88. The van der Waals surface area contributed by atoms with Gasteiger partial charge in [0, 0.05) is 24.4 Å². The van der Waals surface area contributed by atoms with E-state index >= 15 is 0 Å². The number of Topliss-reactive ketones (excluding diaryl/α,β-unsaturated/α-hetero) is 1. The summed E-state index contributed by atoms with van der Waals surface area (Å²) in [7, 11) is 0. The van der Waals surface area contributed by atoms with Gasteiger partial charge in [-0.25, -0.2) is 0 Å². The van der Waals surface area contributed by atoms with Crippen LogP contribution in [-0.2, 0) is 9.59 Å². The van der Waals surface area contributed by atoms with Crippen LogP contribution in [-0.4, -0.2) is 33.8 Å². The first kappa shape index (κ1) is 17.8. The molecule has 0 spiro atoms. The molecule has 6 nitrogen and oxygen atoms in total. The van der Waals surface area contributed by atoms with Crippen LogP contribution in [0.1, 0.15) is 44.5 Å². The van der Waals surface area contributed by atoms with Gasteiger partial charge in [0.05, 0.1) is 5.92 Å². The largest absolute Gasteiger partial charge is 0.480 e. The van der Waals surface area contributed by atoms with Crippen molar-refractivity contribution in [3.05, 3.63) is 30.1 Å². The van der Waals surface area contributed by atoms with E-state index in [0.29, 0.717) is 5.56 Å². The van der Waals surface area contributed by atoms with Crippen molar-refractivity contribution in [2.24, 2.45) is 11.3 Å². The van der Waals surface area contributed by atoms with Gasteiger partial charge >= 0.3 is 5.97 Å². The molecule has 1 amide bonds. The van der Waals surface area contributed by atoms with Crippen molar-refractivity contribution >= 4 is 17.7 Å². The Labute approximate surface area is 129 Å². The predicted octanol–water partition coefficient (Wildman–Crippen LogP) is 1.91. The molecule has 22 heavy (non-hydrogen) atoms. The highest BCUT2D eigenvalue weighted by atomic mass is 16.4. The number of carboxylic acid groups (broad SMARTS) is 1. The maximum absolute atomic E-state index is 12.3. The van der Waals surface area contributed by atoms with E-state index in [4.69, 9.17) is 5.11 Å². The summed E-state index contributed by atoms with van der Waals surface area (Å²) >= 11 is 0. The van der Waals surface area contributed by atoms with Gasteiger partial charge in [0.2, 0.25) is 5.91 Å². The number of amides is 1. The Bertz CT molecular complexity index is 549. The number of ketones is 1. The summed E-state index contributed by atoms with van der Waals surface area (Å²) in [6.45, 7) is 6.94. The van der Waals surface area contributed by atoms with E-state index in [1.807, 2.05) is 20.8 Å². The van der Waals surface area contributed by atoms with Gasteiger partial charge in [0.1, 0.15) is 6.04 Å². The second-order valence-electron chi connectivity index (χ2n) is 6.35. The van der Waals surface area contributed by atoms with E-state index in [1.54, 1.807) is 12.1 Å². The van der Waals surface area contributed by atoms with Gasteiger partial charge in [0.25, 0.3) is 0 Å². The quantitative estimate of drug-likeness (QED) is 0.783. The van der Waals surface area contributed by atoms with Crippen molar-refractivity contribution in [2.75, 3.05) is 0 Å². The minimum absolute atomic E-state index is 0.0195. The van der Waals surface area contributed by atoms with Crippen molar-refractivity contribution in [2.45, 2.75) is 40.2 Å². The fraction of sp³-hybridized carbons (Fsp3) is 0.500. The summed E-state index contributed by atoms with van der Waals surface area (Å²) in [5.41, 5.74) is 0.0219. The van der Waals surface area contributed by atoms with Gasteiger partial charge in [-0.3, -0.25) is 19.4 Å². The highest BCUT2D eigenvalue weighted by molar-refractivity contribution is 5.99. The van der Waals surface area contributed by atoms with E-state index in [2.05, 4.69) is 10.3 Å². The SMILES string of the molecule is C[C@H](NC(=O)[C@@H](CC(=O)c1ccncc1)C(C)(C)C)C(=O)O. The third-order valence-electron chi connectivity index (χ3n) is 3.48. The molecule has 0 aromatic carbocycles. The number of hydrogen-bond acceptors (Lipinski definition) is 4. The van der Waals surface area contributed by atoms with Crippen LogP contribution in [0.4, 0.5) is 0 Å². The number of carbonyl (C=O) groups is 3. The van der Waals surface area contributed by atoms with Crippen LogP contribution in [0.5, 0.6) is 0 Å². The maximum Gasteiger partial charge on any atom is 0.325 e. The zero-order valence-electron chi connectivity index (χ0n) is 13.3. The Hall–Kier alpha value is -2.24. The van der Waals surface area contributed by atoms with E-state index in [9.17, 15) is 14.4 Å². The van der Waals surface area contributed by atoms with Gasteiger partial charge in [0.15, 0.2) is 5.78 Å². The summed E-state index contributed by atoms with van der Waals surface area (Å²) in [6, 6.07) is 2.20. The van der Waals surface area contributed by atoms with E-state index in [-0.39, 0.29) is 12.2 Å². The third-order valence-corrected chi connectivity index (χ3v) is 3.48. The Kier molecular flexibility index (Phi) is 5.79. The molecule has 0 saturated heterocycles. The number of hydrogen-bond donors (Lipinski definition) is 2. The summed E-state index contributed by atoms with van der Waals surface area (Å²) in [4.78, 5) is 39.3. The lowest BCUT2D eigenvalue weighted by Crippen LogP contribution is -2.45. The molecule has 1 rings (SSSR count). The van der Waals surface area contributed by atoms with Crippen molar-refractivity contribution in [1.29, 1.82) is 0 Å². The predicted molar refractivity (Wildman–Crippen MR) is 81.4 cm³/mol. The number of aliphatic carboxylic acids is 1. The second-order valence-corrected chi connectivity index (χ2v) is 6.35. The van der Waals surface area contributed by atoms with E-state index in [0.717, 1.165) is 0 Å². The van der Waals surface area contributed by atoms with Gasteiger partial charge in [-0.05, 0) is 24.5 Å². The molecule has 0 saturated carbocycles. The number of carboxylic acids is 1. The van der Waals surface area contributed by atoms with Gasteiger partial charge in [-0.2, -0.15) is 0 Å². The number of carbonyl (C=O) groups excluding carboxylic acids is 2. The van der Waals surface area contributed by atoms with E-state index in [1.165, 1.54) is 19.3 Å². The third kappa shape index (κ3) is 4.95. The maximum atomic E-state index is 12.3. The first-order valence-corrected chi connectivity index (χ1v) is 7.09. The number of pyridine rings is 1. The lowest BCUT2D eigenvalue weighted by atomic mass is 9.76. The molecule has 120 valence electrons. The summed E-state index contributed by atoms with van der Waals surface area (Å²) in [6.07, 6.45) is 3.06. The minimum Gasteiger partial charge on any atom is -0.480 e. The van der Waals surface area contributed by atoms with Gasteiger partial charge < -0.3 is 10.4 Å². The molecule has 0 aliphatic heterocycles. The number of aromatic nitrogens is 1. The summed E-state index contributed by atoms with van der Waals surface area (Å²) in [5, 5.41) is 11.3. The van der Waals surface area contributed by atoms with Crippen LogP contribution in [0, 0.1) is 11.3 Å². The number of nitrogens with zero attached hydrogens (tertiary/aromatic N) is 1. The molecule has 0 aliphatic rings. The number of rotatable bonds is 6. The highest BCUT2D eigenvalue weighted by Crippen LogP contribution is 2.30. The van der Waals surface area contributed by atoms with Gasteiger partial charge in [-0.15, -0.1) is 0 Å². The molecule has 1 aromatic rings. The topological polar surface area (TPSA) is 96.4 Å². The zero-order valence-corrected chi connectivity index (χ0v) is 13.3. The Morgan fingerprint density at radius 1 is 1.23 bits per heavy atom. The Morgan fingerprint density at radius 3 is 2.23 bits per heavy atom. The average Bonchev–Trinajstić information content (AvgIpc) is 2.43. The molecule has 1 heterocycles. The molecule has 0 fully saturated rings. The number of nitrogens with one attached hydrogen (secondary N) is 1. The molecule has 1 aromatic heterocycles. The monoisotopic (exact) mass is 306 g/mol. The Morgan fingerprint density at radius 2 is 1.77 bits per heavy atom. The molecule has 0 aliphatic carbocycles. The molecule has 0 unspecified atom stereocenters. The van der Waals surface area contributed by atoms with Crippen LogP contribution in [0.25, 0.3) is 0 Å². The average molecular weight is 306 g/mol. The fourth-order valence-corrected chi connectivity index (χ4v) is 2.01. The van der Waals surface area contributed by atoms with Crippen LogP contribution in [0.2, 0.25) is 0 Å².